The van der Waals surface area contributed by atoms with E-state index in [1.807, 2.05) is 78.2 Å². The molecule has 0 amide bonds. The summed E-state index contributed by atoms with van der Waals surface area (Å²) in [5, 5.41) is 9.19. The summed E-state index contributed by atoms with van der Waals surface area (Å²) < 4.78 is 8.36. The largest absolute Gasteiger partial charge is 0.460 e. The van der Waals surface area contributed by atoms with E-state index in [1.54, 1.807) is 0 Å². The molecule has 5 aromatic rings. The summed E-state index contributed by atoms with van der Waals surface area (Å²) in [5.41, 5.74) is 3.64. The third kappa shape index (κ3) is 3.44. The number of nitrogens with one attached hydrogen (secondary N) is 1. The van der Waals surface area contributed by atoms with Gasteiger partial charge in [-0.3, -0.25) is 9.67 Å². The Labute approximate surface area is 183 Å². The smallest absolute Gasteiger partial charge is 0.195 e. The van der Waals surface area contributed by atoms with E-state index in [-0.39, 0.29) is 0 Å². The molecule has 0 spiro atoms. The molecule has 3 heterocycles. The molecule has 5 rings (SSSR count). The summed E-state index contributed by atoms with van der Waals surface area (Å²) in [6.45, 7) is 2.50. The van der Waals surface area contributed by atoms with E-state index in [9.17, 15) is 0 Å². The fourth-order valence-corrected chi connectivity index (χ4v) is 3.82. The quantitative estimate of drug-likeness (QED) is 0.332. The molecule has 0 unspecified atom stereocenters. The van der Waals surface area contributed by atoms with Crippen molar-refractivity contribution in [2.24, 2.45) is 0 Å². The molecule has 1 N–H and O–H groups in total. The number of nitrogens with zero attached hydrogens (tertiary/aromatic N) is 3. The number of furan rings is 1. The first-order valence-corrected chi connectivity index (χ1v) is 10.2. The van der Waals surface area contributed by atoms with Gasteiger partial charge in [-0.2, -0.15) is 5.10 Å². The van der Waals surface area contributed by atoms with Crippen molar-refractivity contribution in [2.75, 3.05) is 0 Å². The van der Waals surface area contributed by atoms with E-state index < -0.39 is 0 Å². The Bertz CT molecular complexity index is 1420. The Morgan fingerprint density at radius 3 is 2.63 bits per heavy atom. The van der Waals surface area contributed by atoms with Crippen molar-refractivity contribution in [1.29, 1.82) is 0 Å². The molecule has 0 atom stereocenters. The van der Waals surface area contributed by atoms with Gasteiger partial charge in [-0.15, -0.1) is 0 Å². The van der Waals surface area contributed by atoms with Gasteiger partial charge in [-0.25, -0.2) is 4.98 Å². The summed E-state index contributed by atoms with van der Waals surface area (Å²) in [6.07, 6.45) is 0. The van der Waals surface area contributed by atoms with Crippen molar-refractivity contribution < 1.29 is 4.42 Å². The lowest BCUT2D eigenvalue weighted by atomic mass is 10.1. The zero-order valence-corrected chi connectivity index (χ0v) is 17.7. The maximum absolute atomic E-state index is 6.03. The highest BCUT2D eigenvalue weighted by molar-refractivity contribution is 7.71. The molecule has 5 nitrogen and oxygen atoms in total. The Hall–Kier alpha value is -3.22. The van der Waals surface area contributed by atoms with Gasteiger partial charge in [0.15, 0.2) is 16.4 Å². The molecule has 3 aromatic heterocycles. The number of H-pyrrole nitrogens is 1. The summed E-state index contributed by atoms with van der Waals surface area (Å²) in [7, 11) is 0. The normalized spacial score (nSPS) is 11.3. The maximum atomic E-state index is 6.03. The van der Waals surface area contributed by atoms with Gasteiger partial charge in [-0.1, -0.05) is 41.9 Å². The van der Waals surface area contributed by atoms with Gasteiger partial charge in [0.1, 0.15) is 11.5 Å². The zero-order chi connectivity index (χ0) is 20.7. The number of aryl methyl sites for hydroxylation is 1. The highest BCUT2D eigenvalue weighted by Gasteiger charge is 2.16. The number of benzene rings is 2. The average Bonchev–Trinajstić information content (AvgIpc) is 3.35. The molecule has 148 valence electrons. The van der Waals surface area contributed by atoms with Gasteiger partial charge in [0.25, 0.3) is 0 Å². The van der Waals surface area contributed by atoms with Gasteiger partial charge in [0, 0.05) is 16.0 Å². The van der Waals surface area contributed by atoms with Crippen molar-refractivity contribution in [3.8, 4) is 22.8 Å². The van der Waals surface area contributed by atoms with Crippen LogP contribution in [0.3, 0.4) is 0 Å². The Morgan fingerprint density at radius 2 is 1.87 bits per heavy atom. The molecule has 0 saturated carbocycles. The molecule has 30 heavy (non-hydrogen) atoms. The number of hydrogen-bond acceptors (Lipinski definition) is 4. The molecule has 0 fully saturated rings. The molecule has 7 heteroatoms. The highest BCUT2D eigenvalue weighted by atomic mass is 35.5. The Kier molecular flexibility index (Phi) is 4.73. The maximum Gasteiger partial charge on any atom is 0.195 e. The minimum atomic E-state index is 0.552. The van der Waals surface area contributed by atoms with Crippen molar-refractivity contribution in [3.05, 3.63) is 87.8 Å². The summed E-state index contributed by atoms with van der Waals surface area (Å²) >= 11 is 11.6. The topological polar surface area (TPSA) is 59.6 Å². The first-order chi connectivity index (χ1) is 14.6. The number of pyridine rings is 1. The van der Waals surface area contributed by atoms with E-state index in [0.29, 0.717) is 16.3 Å². The third-order valence-electron chi connectivity index (χ3n) is 4.96. The van der Waals surface area contributed by atoms with Gasteiger partial charge in [0.2, 0.25) is 0 Å². The van der Waals surface area contributed by atoms with Gasteiger partial charge in [0.05, 0.1) is 12.1 Å². The van der Waals surface area contributed by atoms with Crippen molar-refractivity contribution in [2.45, 2.75) is 13.5 Å². The molecule has 0 saturated heterocycles. The monoisotopic (exact) mass is 432 g/mol. The molecular formula is C23H17ClN4OS. The summed E-state index contributed by atoms with van der Waals surface area (Å²) in [6, 6.07) is 21.6. The summed E-state index contributed by atoms with van der Waals surface area (Å²) in [5.74, 6) is 2.31. The van der Waals surface area contributed by atoms with Crippen LogP contribution in [-0.4, -0.2) is 19.7 Å². The number of halogens is 1. The van der Waals surface area contributed by atoms with Gasteiger partial charge in [-0.05, 0) is 61.1 Å². The first-order valence-electron chi connectivity index (χ1n) is 9.45. The number of aromatic amines is 1. The van der Waals surface area contributed by atoms with Crippen LogP contribution in [0.5, 0.6) is 0 Å². The fourth-order valence-electron chi connectivity index (χ4n) is 3.50. The number of rotatable bonds is 4. The van der Waals surface area contributed by atoms with E-state index in [0.717, 1.165) is 45.1 Å². The molecule has 0 radical (unpaired) electrons. The number of para-hydroxylation sites is 1. The van der Waals surface area contributed by atoms with Crippen LogP contribution in [0.1, 0.15) is 11.3 Å². The molecule has 0 aliphatic carbocycles. The van der Waals surface area contributed by atoms with Crippen LogP contribution in [0.25, 0.3) is 33.7 Å². The molecule has 0 aliphatic heterocycles. The van der Waals surface area contributed by atoms with Crippen LogP contribution >= 0.6 is 23.8 Å². The van der Waals surface area contributed by atoms with Crippen molar-refractivity contribution in [3.63, 3.8) is 0 Å². The van der Waals surface area contributed by atoms with Crippen LogP contribution in [0, 0.1) is 11.7 Å². The molecule has 0 aliphatic rings. The third-order valence-corrected chi connectivity index (χ3v) is 5.53. The van der Waals surface area contributed by atoms with E-state index >= 15 is 0 Å². The average molecular weight is 433 g/mol. The van der Waals surface area contributed by atoms with Crippen molar-refractivity contribution >= 4 is 34.7 Å². The Balaban J connectivity index is 1.70. The number of hydrogen-bond donors (Lipinski definition) is 1. The molecular weight excluding hydrogens is 416 g/mol. The van der Waals surface area contributed by atoms with Crippen LogP contribution in [0.4, 0.5) is 0 Å². The molecule has 2 aromatic carbocycles. The lowest BCUT2D eigenvalue weighted by Crippen LogP contribution is -2.03. The highest BCUT2D eigenvalue weighted by Crippen LogP contribution is 2.32. The van der Waals surface area contributed by atoms with Gasteiger partial charge >= 0.3 is 0 Å². The minimum absolute atomic E-state index is 0.552. The standard InChI is InChI=1S/C23H17ClN4OS/c1-14-6-11-21(29-14)20-12-18(17-4-2-3-5-19(17)25-20)22-26-27-23(30)28(22)13-15-7-9-16(24)10-8-15/h2-12H,13H2,1H3,(H,27,30). The lowest BCUT2D eigenvalue weighted by molar-refractivity contribution is 0.546. The first kappa shape index (κ1) is 18.8. The SMILES string of the molecule is Cc1ccc(-c2cc(-c3n[nH]c(=S)n3Cc3ccc(Cl)cc3)c3ccccc3n2)o1. The predicted octanol–water partition coefficient (Wildman–Crippen LogP) is 6.43. The second-order valence-electron chi connectivity index (χ2n) is 7.05. The fraction of sp³-hybridized carbons (Fsp3) is 0.0870. The number of aromatic nitrogens is 4. The van der Waals surface area contributed by atoms with Crippen LogP contribution < -0.4 is 0 Å². The van der Waals surface area contributed by atoms with E-state index in [1.165, 1.54) is 0 Å². The zero-order valence-electron chi connectivity index (χ0n) is 16.1. The van der Waals surface area contributed by atoms with Crippen LogP contribution in [0.15, 0.2) is 71.1 Å². The van der Waals surface area contributed by atoms with E-state index in [4.69, 9.17) is 33.2 Å². The second-order valence-corrected chi connectivity index (χ2v) is 7.87. The second kappa shape index (κ2) is 7.55. The van der Waals surface area contributed by atoms with Crippen LogP contribution in [-0.2, 0) is 6.54 Å². The van der Waals surface area contributed by atoms with Crippen LogP contribution in [0.2, 0.25) is 5.02 Å². The minimum Gasteiger partial charge on any atom is -0.460 e. The van der Waals surface area contributed by atoms with Crippen molar-refractivity contribution in [1.82, 2.24) is 19.7 Å². The summed E-state index contributed by atoms with van der Waals surface area (Å²) in [4.78, 5) is 4.79. The van der Waals surface area contributed by atoms with Gasteiger partial charge < -0.3 is 4.42 Å². The Morgan fingerprint density at radius 1 is 1.07 bits per heavy atom. The lowest BCUT2D eigenvalue weighted by Gasteiger charge is -2.11. The predicted molar refractivity (Wildman–Crippen MR) is 121 cm³/mol. The number of fused-ring (bicyclic) bond motifs is 1. The molecule has 0 bridgehead atoms. The van der Waals surface area contributed by atoms with E-state index in [2.05, 4.69) is 10.2 Å².